The fourth-order valence-electron chi connectivity index (χ4n) is 4.79. The molecule has 0 spiro atoms. The maximum absolute atomic E-state index is 13.5. The Morgan fingerprint density at radius 2 is 1.49 bits per heavy atom. The minimum Gasteiger partial charge on any atom is -0.512 e. The molecule has 1 N–H and O–H groups in total. The van der Waals surface area contributed by atoms with Crippen LogP contribution in [0.4, 0.5) is 4.39 Å². The summed E-state index contributed by atoms with van der Waals surface area (Å²) in [6.07, 6.45) is 6.63. The molecule has 0 saturated carbocycles. The van der Waals surface area contributed by atoms with Crippen LogP contribution in [-0.4, -0.2) is 15.9 Å². The Bertz CT molecular complexity index is 1510. The molecule has 0 aliphatic rings. The van der Waals surface area contributed by atoms with E-state index in [0.29, 0.717) is 0 Å². The monoisotopic (exact) mass is 733 g/mol. The van der Waals surface area contributed by atoms with E-state index >= 15 is 0 Å². The zero-order valence-corrected chi connectivity index (χ0v) is 28.0. The van der Waals surface area contributed by atoms with E-state index in [9.17, 15) is 14.3 Å². The standard InChI is InChI=1S/C21H15FN.C15H28O2.Ir/c1-13-7-14(2)9-17(8-13)21-11-20-16(12-23-21)4-3-15-10-18(22)5-6-19(15)20;1-7-14(5,8-2)12(16)11-13(17)15(6,9-3)10-4;/h3-8,10-12H,1-2H3;11,16H,7-10H2,1-6H3;/q-1;;/b;12-11-;. The third-order valence-electron chi connectivity index (χ3n) is 8.71. The number of aliphatic hydroxyl groups excluding tert-OH is 1. The van der Waals surface area contributed by atoms with E-state index in [2.05, 4.69) is 36.2 Å². The first-order valence-corrected chi connectivity index (χ1v) is 14.3. The van der Waals surface area contributed by atoms with Crippen LogP contribution in [0.25, 0.3) is 32.8 Å². The van der Waals surface area contributed by atoms with Crippen LogP contribution in [0.5, 0.6) is 0 Å². The van der Waals surface area contributed by atoms with Gasteiger partial charge in [0.05, 0.1) is 0 Å². The van der Waals surface area contributed by atoms with Gasteiger partial charge in [-0.2, -0.15) is 0 Å². The molecule has 1 aromatic heterocycles. The predicted octanol–water partition coefficient (Wildman–Crippen LogP) is 10.3. The minimum absolute atomic E-state index is 0. The number of hydrogen-bond donors (Lipinski definition) is 1. The van der Waals surface area contributed by atoms with Gasteiger partial charge in [0.2, 0.25) is 0 Å². The van der Waals surface area contributed by atoms with E-state index in [0.717, 1.165) is 64.0 Å². The summed E-state index contributed by atoms with van der Waals surface area (Å²) in [5, 5.41) is 14.2. The summed E-state index contributed by atoms with van der Waals surface area (Å²) in [5.41, 5.74) is 3.57. The van der Waals surface area contributed by atoms with Crippen molar-refractivity contribution in [2.45, 2.75) is 81.1 Å². The Kier molecular flexibility index (Phi) is 12.0. The number of allylic oxidation sites excluding steroid dienone is 2. The number of fused-ring (bicyclic) bond motifs is 3. The number of carbonyl (C=O) groups excluding carboxylic acids is 1. The third kappa shape index (κ3) is 7.90. The Morgan fingerprint density at radius 3 is 2.07 bits per heavy atom. The molecule has 0 unspecified atom stereocenters. The van der Waals surface area contributed by atoms with E-state index in [-0.39, 0.29) is 48.3 Å². The first-order chi connectivity index (χ1) is 18.9. The molecule has 1 radical (unpaired) electrons. The molecule has 0 aliphatic heterocycles. The van der Waals surface area contributed by atoms with Gasteiger partial charge in [-0.1, -0.05) is 79.7 Å². The summed E-state index contributed by atoms with van der Waals surface area (Å²) in [6, 6.07) is 18.5. The smallest absolute Gasteiger partial charge is 0.164 e. The number of halogens is 1. The minimum atomic E-state index is -0.337. The molecule has 1 heterocycles. The maximum Gasteiger partial charge on any atom is 0.164 e. The van der Waals surface area contributed by atoms with Crippen LogP contribution in [-0.2, 0) is 24.9 Å². The molecule has 5 heteroatoms. The molecular weight excluding hydrogens is 690 g/mol. The summed E-state index contributed by atoms with van der Waals surface area (Å²) in [6.45, 7) is 16.2. The summed E-state index contributed by atoms with van der Waals surface area (Å²) in [4.78, 5) is 16.8. The molecule has 4 rings (SSSR count). The average molecular weight is 733 g/mol. The Morgan fingerprint density at radius 1 is 0.878 bits per heavy atom. The van der Waals surface area contributed by atoms with E-state index in [1.807, 2.05) is 72.9 Å². The number of nitrogens with zero attached hydrogens (tertiary/aromatic N) is 1. The van der Waals surface area contributed by atoms with Crippen molar-refractivity contribution in [1.29, 1.82) is 0 Å². The second-order valence-corrected chi connectivity index (χ2v) is 11.4. The van der Waals surface area contributed by atoms with Crippen LogP contribution < -0.4 is 0 Å². The summed E-state index contributed by atoms with van der Waals surface area (Å²) in [7, 11) is 0. The number of hydrogen-bond acceptors (Lipinski definition) is 3. The Hall–Kier alpha value is -2.88. The molecule has 3 nitrogen and oxygen atoms in total. The van der Waals surface area contributed by atoms with Gasteiger partial charge in [-0.05, 0) is 65.1 Å². The number of aliphatic hydroxyl groups is 1. The molecule has 0 amide bonds. The largest absolute Gasteiger partial charge is 0.512 e. The first kappa shape index (κ1) is 34.3. The van der Waals surface area contributed by atoms with Gasteiger partial charge in [0.25, 0.3) is 0 Å². The van der Waals surface area contributed by atoms with Crippen LogP contribution >= 0.6 is 0 Å². The van der Waals surface area contributed by atoms with E-state index in [1.54, 1.807) is 6.07 Å². The van der Waals surface area contributed by atoms with E-state index in [1.165, 1.54) is 17.7 Å². The average Bonchev–Trinajstić information content (AvgIpc) is 2.95. The summed E-state index contributed by atoms with van der Waals surface area (Å²) < 4.78 is 13.5. The van der Waals surface area contributed by atoms with Crippen LogP contribution in [0.15, 0.2) is 66.6 Å². The molecule has 221 valence electrons. The quantitative estimate of drug-likeness (QED) is 0.0850. The number of ketones is 1. The van der Waals surface area contributed by atoms with Crippen molar-refractivity contribution in [1.82, 2.24) is 4.98 Å². The molecule has 0 saturated heterocycles. The zero-order valence-electron chi connectivity index (χ0n) is 25.6. The molecule has 4 aromatic rings. The second kappa shape index (κ2) is 14.3. The van der Waals surface area contributed by atoms with Crippen molar-refractivity contribution >= 4 is 27.3 Å². The fourth-order valence-corrected chi connectivity index (χ4v) is 4.79. The van der Waals surface area contributed by atoms with E-state index < -0.39 is 0 Å². The van der Waals surface area contributed by atoms with Gasteiger partial charge in [-0.25, -0.2) is 4.39 Å². The van der Waals surface area contributed by atoms with Gasteiger partial charge in [0.15, 0.2) is 5.78 Å². The van der Waals surface area contributed by atoms with Gasteiger partial charge < -0.3 is 10.1 Å². The predicted molar refractivity (Wildman–Crippen MR) is 166 cm³/mol. The third-order valence-corrected chi connectivity index (χ3v) is 8.71. The van der Waals surface area contributed by atoms with Gasteiger partial charge >= 0.3 is 0 Å². The number of carbonyl (C=O) groups is 1. The molecule has 0 bridgehead atoms. The number of aromatic nitrogens is 1. The van der Waals surface area contributed by atoms with Gasteiger partial charge in [0.1, 0.15) is 11.6 Å². The van der Waals surface area contributed by atoms with Crippen LogP contribution in [0.1, 0.15) is 78.4 Å². The Labute approximate surface area is 258 Å². The number of pyridine rings is 1. The number of rotatable bonds is 8. The molecule has 0 fully saturated rings. The molecular formula is C36H43FIrNO2-. The van der Waals surface area contributed by atoms with Crippen LogP contribution in [0, 0.1) is 36.6 Å². The molecule has 0 atom stereocenters. The number of benzene rings is 3. The van der Waals surface area contributed by atoms with Crippen LogP contribution in [0.3, 0.4) is 0 Å². The second-order valence-electron chi connectivity index (χ2n) is 11.4. The first-order valence-electron chi connectivity index (χ1n) is 14.3. The van der Waals surface area contributed by atoms with Crippen molar-refractivity contribution in [3.05, 3.63) is 89.6 Å². The molecule has 0 aliphatic carbocycles. The van der Waals surface area contributed by atoms with Gasteiger partial charge in [0, 0.05) is 43.2 Å². The van der Waals surface area contributed by atoms with Gasteiger partial charge in [-0.3, -0.25) is 4.79 Å². The van der Waals surface area contributed by atoms with Crippen LogP contribution in [0.2, 0.25) is 0 Å². The topological polar surface area (TPSA) is 50.2 Å². The SMILES string of the molecule is CCC(C)(CC)C(=O)/C=C(\O)C(C)(CC)CC.Cc1[c-]c(-c2cc3c(ccc4cc(F)ccc43)cn2)cc(C)c1.[Ir]. The zero-order chi connectivity index (χ0) is 29.7. The van der Waals surface area contributed by atoms with E-state index in [4.69, 9.17) is 0 Å². The maximum atomic E-state index is 13.5. The van der Waals surface area contributed by atoms with Crippen molar-refractivity contribution in [3.8, 4) is 11.3 Å². The van der Waals surface area contributed by atoms with Crippen molar-refractivity contribution < 1.29 is 34.4 Å². The summed E-state index contributed by atoms with van der Waals surface area (Å²) in [5.74, 6) is 0.0718. The van der Waals surface area contributed by atoms with Crippen molar-refractivity contribution in [3.63, 3.8) is 0 Å². The molecule has 41 heavy (non-hydrogen) atoms. The van der Waals surface area contributed by atoms with Crippen molar-refractivity contribution in [2.75, 3.05) is 0 Å². The number of aryl methyl sites for hydroxylation is 2. The fraction of sp³-hybridized carbons (Fsp3) is 0.389. The van der Waals surface area contributed by atoms with Gasteiger partial charge in [-0.15, -0.1) is 34.9 Å². The molecule has 3 aromatic carbocycles. The summed E-state index contributed by atoms with van der Waals surface area (Å²) >= 11 is 0. The normalized spacial score (nSPS) is 12.1. The Balaban J connectivity index is 0.000000296. The van der Waals surface area contributed by atoms with Crippen molar-refractivity contribution in [2.24, 2.45) is 10.8 Å².